The first-order chi connectivity index (χ1) is 13.3. The minimum absolute atomic E-state index is 0.0738. The van der Waals surface area contributed by atoms with Crippen molar-refractivity contribution < 1.29 is 24.2 Å². The highest BCUT2D eigenvalue weighted by molar-refractivity contribution is 8.21. The summed E-state index contributed by atoms with van der Waals surface area (Å²) in [6.07, 6.45) is 3.52. The van der Waals surface area contributed by atoms with Gasteiger partial charge < -0.3 is 14.6 Å². The van der Waals surface area contributed by atoms with Crippen LogP contribution in [-0.2, 0) is 19.1 Å². The maximum Gasteiger partial charge on any atom is 0.340 e. The predicted octanol–water partition coefficient (Wildman–Crippen LogP) is 2.93. The molecular formula is C21H26O5S2. The molecule has 5 bridgehead atoms. The van der Waals surface area contributed by atoms with Gasteiger partial charge in [0, 0.05) is 23.8 Å². The number of esters is 1. The predicted molar refractivity (Wildman–Crippen MR) is 109 cm³/mol. The molecule has 6 rings (SSSR count). The Bertz CT molecular complexity index is 799. The molecular weight excluding hydrogens is 396 g/mol. The van der Waals surface area contributed by atoms with E-state index in [1.54, 1.807) is 35.7 Å². The molecule has 5 nitrogen and oxygen atoms in total. The molecule has 1 N–H and O–H groups in total. The van der Waals surface area contributed by atoms with Gasteiger partial charge in [0.15, 0.2) is 17.1 Å². The lowest BCUT2D eigenvalue weighted by Crippen LogP contribution is -2.63. The summed E-state index contributed by atoms with van der Waals surface area (Å²) in [5, 5.41) is 11.0. The number of hydrogen-bond acceptors (Lipinski definition) is 7. The number of aliphatic hydroxyl groups excluding tert-OH is 1. The van der Waals surface area contributed by atoms with Gasteiger partial charge in [-0.15, -0.1) is 23.5 Å². The van der Waals surface area contributed by atoms with Crippen LogP contribution in [0.2, 0.25) is 0 Å². The van der Waals surface area contributed by atoms with Crippen molar-refractivity contribution >= 4 is 35.3 Å². The molecule has 0 unspecified atom stereocenters. The number of allylic oxidation sites excluding steroid dienone is 1. The molecule has 0 aromatic heterocycles. The lowest BCUT2D eigenvalue weighted by atomic mass is 9.64. The van der Waals surface area contributed by atoms with Crippen molar-refractivity contribution in [2.45, 2.75) is 55.5 Å². The number of carbonyl (C=O) groups excluding carboxylic acids is 2. The standard InChI is InChI=1S/C21H26O5S2/c1-10-8-12(3)21(27-6-7-28-21)15-18-20(26-19(15)24)9-11(2)17(25-18)16(23)13(20)4-5-14(10)22/h4-5,10-13,16-17,23H,6-9H2,1-3H3/b5-4-/t10-,11+,12+,13+,16+,17+,20+/m0/s1. The topological polar surface area (TPSA) is 72.8 Å². The van der Waals surface area contributed by atoms with Crippen LogP contribution in [0.25, 0.3) is 0 Å². The SMILES string of the molecule is C[C@@H]1C[C@]23OC(=O)C4=C2O[C@H]1[C@H](O)[C@H]3/C=C\C(=O)[C@@H](C)C[C@@H](C)C41SCCS1. The molecule has 4 aliphatic heterocycles. The zero-order valence-corrected chi connectivity index (χ0v) is 18.0. The van der Waals surface area contributed by atoms with Crippen molar-refractivity contribution in [1.29, 1.82) is 0 Å². The van der Waals surface area contributed by atoms with E-state index in [-0.39, 0.29) is 35.6 Å². The van der Waals surface area contributed by atoms with Crippen molar-refractivity contribution in [2.24, 2.45) is 23.7 Å². The Morgan fingerprint density at radius 3 is 2.61 bits per heavy atom. The summed E-state index contributed by atoms with van der Waals surface area (Å²) in [6, 6.07) is 0. The van der Waals surface area contributed by atoms with E-state index in [0.717, 1.165) is 11.5 Å². The highest BCUT2D eigenvalue weighted by atomic mass is 32.2. The van der Waals surface area contributed by atoms with E-state index >= 15 is 0 Å². The minimum Gasteiger partial charge on any atom is -0.487 e. The summed E-state index contributed by atoms with van der Waals surface area (Å²) in [5.41, 5.74) is -0.336. The Morgan fingerprint density at radius 1 is 1.18 bits per heavy atom. The molecule has 28 heavy (non-hydrogen) atoms. The Kier molecular flexibility index (Phi) is 4.28. The van der Waals surface area contributed by atoms with Crippen LogP contribution in [0, 0.1) is 23.7 Å². The average molecular weight is 423 g/mol. The van der Waals surface area contributed by atoms with Gasteiger partial charge in [-0.1, -0.05) is 26.8 Å². The minimum atomic E-state index is -0.985. The normalized spacial score (nSPS) is 47.7. The largest absolute Gasteiger partial charge is 0.487 e. The molecule has 0 aromatic rings. The zero-order chi connectivity index (χ0) is 19.8. The highest BCUT2D eigenvalue weighted by Gasteiger charge is 2.69. The van der Waals surface area contributed by atoms with Crippen LogP contribution in [0.1, 0.15) is 33.6 Å². The van der Waals surface area contributed by atoms with Crippen LogP contribution >= 0.6 is 23.5 Å². The second-order valence-electron chi connectivity index (χ2n) is 8.93. The number of hydrogen-bond donors (Lipinski definition) is 1. The third-order valence-electron chi connectivity index (χ3n) is 7.15. The highest BCUT2D eigenvalue weighted by Crippen LogP contribution is 2.64. The summed E-state index contributed by atoms with van der Waals surface area (Å²) in [4.78, 5) is 26.1. The maximum absolute atomic E-state index is 13.3. The Morgan fingerprint density at radius 2 is 1.89 bits per heavy atom. The van der Waals surface area contributed by atoms with E-state index in [9.17, 15) is 14.7 Å². The fraction of sp³-hybridized carbons (Fsp3) is 0.714. The van der Waals surface area contributed by atoms with E-state index in [0.29, 0.717) is 24.2 Å². The summed E-state index contributed by atoms with van der Waals surface area (Å²) < 4.78 is 12.0. The lowest BCUT2D eigenvalue weighted by Gasteiger charge is -2.54. The first-order valence-corrected chi connectivity index (χ1v) is 12.1. The number of thioether (sulfide) groups is 2. The van der Waals surface area contributed by atoms with Gasteiger partial charge in [0.25, 0.3) is 0 Å². The van der Waals surface area contributed by atoms with Gasteiger partial charge in [0.05, 0.1) is 10.00 Å². The molecule has 152 valence electrons. The van der Waals surface area contributed by atoms with Crippen LogP contribution in [0.4, 0.5) is 0 Å². The van der Waals surface area contributed by atoms with Gasteiger partial charge in [0.1, 0.15) is 17.8 Å². The van der Waals surface area contributed by atoms with Crippen LogP contribution in [0.3, 0.4) is 0 Å². The summed E-state index contributed by atoms with van der Waals surface area (Å²) in [7, 11) is 0. The quantitative estimate of drug-likeness (QED) is 0.602. The average Bonchev–Trinajstić information content (AvgIpc) is 3.22. The molecule has 2 spiro atoms. The molecule has 1 saturated carbocycles. The molecule has 0 amide bonds. The van der Waals surface area contributed by atoms with Gasteiger partial charge >= 0.3 is 5.97 Å². The van der Waals surface area contributed by atoms with E-state index < -0.39 is 21.7 Å². The molecule has 7 heteroatoms. The number of rotatable bonds is 0. The van der Waals surface area contributed by atoms with Crippen LogP contribution in [-0.4, -0.2) is 50.3 Å². The third-order valence-corrected chi connectivity index (χ3v) is 11.0. The van der Waals surface area contributed by atoms with Crippen molar-refractivity contribution in [2.75, 3.05) is 11.5 Å². The van der Waals surface area contributed by atoms with Gasteiger partial charge in [-0.05, 0) is 24.3 Å². The second-order valence-corrected chi connectivity index (χ2v) is 11.9. The monoisotopic (exact) mass is 422 g/mol. The van der Waals surface area contributed by atoms with E-state index in [4.69, 9.17) is 9.47 Å². The number of ether oxygens (including phenoxy) is 2. The Labute approximate surface area is 173 Å². The van der Waals surface area contributed by atoms with E-state index in [2.05, 4.69) is 6.92 Å². The van der Waals surface area contributed by atoms with Crippen molar-refractivity contribution in [3.8, 4) is 0 Å². The first-order valence-electron chi connectivity index (χ1n) is 10.1. The van der Waals surface area contributed by atoms with E-state index in [1.165, 1.54) is 0 Å². The first kappa shape index (κ1) is 19.1. The number of ketones is 1. The fourth-order valence-electron chi connectivity index (χ4n) is 5.79. The van der Waals surface area contributed by atoms with Gasteiger partial charge in [-0.25, -0.2) is 4.79 Å². The molecule has 0 radical (unpaired) electrons. The van der Waals surface area contributed by atoms with Crippen molar-refractivity contribution in [3.05, 3.63) is 23.5 Å². The van der Waals surface area contributed by atoms with Gasteiger partial charge in [-0.2, -0.15) is 0 Å². The van der Waals surface area contributed by atoms with Crippen molar-refractivity contribution in [3.63, 3.8) is 0 Å². The van der Waals surface area contributed by atoms with Gasteiger partial charge in [-0.3, -0.25) is 4.79 Å². The lowest BCUT2D eigenvalue weighted by molar-refractivity contribution is -0.220. The second kappa shape index (κ2) is 6.29. The molecule has 3 saturated heterocycles. The molecule has 0 aromatic carbocycles. The molecule has 2 aliphatic carbocycles. The van der Waals surface area contributed by atoms with Crippen LogP contribution < -0.4 is 0 Å². The third kappa shape index (κ3) is 2.33. The van der Waals surface area contributed by atoms with Gasteiger partial charge in [0.2, 0.25) is 0 Å². The smallest absolute Gasteiger partial charge is 0.340 e. The zero-order valence-electron chi connectivity index (χ0n) is 16.3. The number of fused-ring (bicyclic) bond motifs is 2. The van der Waals surface area contributed by atoms with Crippen LogP contribution in [0.15, 0.2) is 23.5 Å². The molecule has 6 aliphatic rings. The number of aliphatic hydroxyl groups is 1. The Hall–Kier alpha value is -0.920. The summed E-state index contributed by atoms with van der Waals surface area (Å²) in [6.45, 7) is 6.12. The summed E-state index contributed by atoms with van der Waals surface area (Å²) >= 11 is 3.57. The van der Waals surface area contributed by atoms with E-state index in [1.807, 2.05) is 13.8 Å². The van der Waals surface area contributed by atoms with Crippen LogP contribution in [0.5, 0.6) is 0 Å². The molecule has 4 fully saturated rings. The van der Waals surface area contributed by atoms with Crippen molar-refractivity contribution in [1.82, 2.24) is 0 Å². The molecule has 7 atom stereocenters. The number of carbonyl (C=O) groups is 2. The Balaban J connectivity index is 1.76. The molecule has 4 heterocycles. The summed E-state index contributed by atoms with van der Waals surface area (Å²) in [5.74, 6) is 1.94. The maximum atomic E-state index is 13.3. The fourth-order valence-corrected chi connectivity index (χ4v) is 9.30.